The van der Waals surface area contributed by atoms with Gasteiger partial charge in [-0.3, -0.25) is 4.98 Å². The van der Waals surface area contributed by atoms with Gasteiger partial charge in [-0.1, -0.05) is 23.8 Å². The van der Waals surface area contributed by atoms with Gasteiger partial charge in [0.1, 0.15) is 0 Å². The molecule has 0 saturated carbocycles. The molecule has 0 radical (unpaired) electrons. The average molecular weight is 217 g/mol. The molecule has 0 aliphatic heterocycles. The van der Waals surface area contributed by atoms with Crippen LogP contribution >= 0.6 is 0 Å². The Morgan fingerprint density at radius 2 is 2.06 bits per heavy atom. The minimum absolute atomic E-state index is 0.416. The summed E-state index contributed by atoms with van der Waals surface area (Å²) in [6.07, 6.45) is 5.07. The molecule has 16 heavy (non-hydrogen) atoms. The first-order chi connectivity index (χ1) is 7.57. The molecule has 1 aromatic heterocycles. The van der Waals surface area contributed by atoms with E-state index in [2.05, 4.69) is 4.98 Å². The van der Waals surface area contributed by atoms with E-state index in [0.717, 1.165) is 10.8 Å². The smallest absolute Gasteiger partial charge is 0.423 e. The first-order valence-corrected chi connectivity index (χ1v) is 5.19. The summed E-state index contributed by atoms with van der Waals surface area (Å²) in [5.74, 6) is 0. The third kappa shape index (κ3) is 2.81. The molecule has 1 rings (SSSR count). The molecule has 1 heterocycles. The Kier molecular flexibility index (Phi) is 4.46. The molecule has 0 unspecified atom stereocenters. The third-order valence-electron chi connectivity index (χ3n) is 2.24. The van der Waals surface area contributed by atoms with E-state index in [1.165, 1.54) is 0 Å². The summed E-state index contributed by atoms with van der Waals surface area (Å²) in [7, 11) is -1.51. The van der Waals surface area contributed by atoms with Gasteiger partial charge in [0.2, 0.25) is 0 Å². The average Bonchev–Trinajstić information content (AvgIpc) is 2.25. The molecule has 0 aliphatic carbocycles. The highest BCUT2D eigenvalue weighted by atomic mass is 16.4. The Hall–Kier alpha value is -1.39. The normalized spacial score (nSPS) is 12.8. The van der Waals surface area contributed by atoms with Gasteiger partial charge >= 0.3 is 7.12 Å². The monoisotopic (exact) mass is 217 g/mol. The first kappa shape index (κ1) is 12.7. The van der Waals surface area contributed by atoms with Gasteiger partial charge in [-0.2, -0.15) is 0 Å². The Morgan fingerprint density at radius 1 is 1.38 bits per heavy atom. The van der Waals surface area contributed by atoms with Crippen molar-refractivity contribution in [2.45, 2.75) is 20.8 Å². The van der Waals surface area contributed by atoms with Crippen LogP contribution in [0.3, 0.4) is 0 Å². The lowest BCUT2D eigenvalue weighted by Crippen LogP contribution is -2.35. The summed E-state index contributed by atoms with van der Waals surface area (Å²) in [6.45, 7) is 5.77. The number of allylic oxidation sites excluding steroid dienone is 2. The molecular weight excluding hydrogens is 201 g/mol. The largest absolute Gasteiger partial charge is 0.490 e. The highest BCUT2D eigenvalue weighted by Gasteiger charge is 2.13. The maximum absolute atomic E-state index is 9.32. The molecule has 4 heteroatoms. The summed E-state index contributed by atoms with van der Waals surface area (Å²) in [5, 5.41) is 20.2. The molecule has 0 amide bonds. The summed E-state index contributed by atoms with van der Waals surface area (Å²) in [6, 6.07) is 3.76. The first-order valence-electron chi connectivity index (χ1n) is 5.19. The van der Waals surface area contributed by atoms with E-state index < -0.39 is 7.12 Å². The van der Waals surface area contributed by atoms with Crippen molar-refractivity contribution in [3.63, 3.8) is 0 Å². The van der Waals surface area contributed by atoms with E-state index in [0.29, 0.717) is 10.8 Å². The Balaban J connectivity index is 3.75. The maximum atomic E-state index is 9.32. The lowest BCUT2D eigenvalue weighted by molar-refractivity contribution is 0.427. The van der Waals surface area contributed by atoms with Crippen LogP contribution < -0.4 is 10.6 Å². The van der Waals surface area contributed by atoms with Crippen molar-refractivity contribution in [1.82, 2.24) is 4.98 Å². The van der Waals surface area contributed by atoms with Crippen molar-refractivity contribution in [3.05, 3.63) is 41.0 Å². The maximum Gasteiger partial charge on any atom is 0.490 e. The zero-order valence-electron chi connectivity index (χ0n) is 9.81. The molecule has 1 aromatic rings. The number of pyridine rings is 1. The van der Waals surface area contributed by atoms with E-state index in [9.17, 15) is 10.0 Å². The lowest BCUT2D eigenvalue weighted by atomic mass is 9.78. The van der Waals surface area contributed by atoms with Crippen molar-refractivity contribution in [2.24, 2.45) is 0 Å². The number of rotatable bonds is 2. The predicted molar refractivity (Wildman–Crippen MR) is 66.7 cm³/mol. The van der Waals surface area contributed by atoms with E-state index in [4.69, 9.17) is 0 Å². The topological polar surface area (TPSA) is 53.4 Å². The van der Waals surface area contributed by atoms with Crippen LogP contribution in [0.1, 0.15) is 20.8 Å². The van der Waals surface area contributed by atoms with Crippen LogP contribution in [0, 0.1) is 0 Å². The van der Waals surface area contributed by atoms with Crippen LogP contribution in [0.2, 0.25) is 0 Å². The van der Waals surface area contributed by atoms with Gasteiger partial charge in [0, 0.05) is 11.7 Å². The molecule has 0 aliphatic rings. The third-order valence-corrected chi connectivity index (χ3v) is 2.24. The highest BCUT2D eigenvalue weighted by molar-refractivity contribution is 6.64. The van der Waals surface area contributed by atoms with Crippen LogP contribution in [-0.4, -0.2) is 22.2 Å². The van der Waals surface area contributed by atoms with Crippen LogP contribution in [-0.2, 0) is 0 Å². The van der Waals surface area contributed by atoms with Crippen molar-refractivity contribution in [2.75, 3.05) is 0 Å². The number of aromatic nitrogens is 1. The fourth-order valence-electron chi connectivity index (χ4n) is 1.51. The van der Waals surface area contributed by atoms with E-state index in [-0.39, 0.29) is 0 Å². The molecule has 0 bridgehead atoms. The van der Waals surface area contributed by atoms with E-state index in [1.54, 1.807) is 18.3 Å². The number of nitrogens with zero attached hydrogens (tertiary/aromatic N) is 1. The fraction of sp³-hybridized carbons (Fsp3) is 0.250. The standard InChI is InChI=1S/C12H16BNO2/c1-4-6-11(13(15)16)12-10(9(2)3)7-5-8-14-12/h4-8,15-16H,1-3H3/b6-4-,12-11-. The molecule has 2 N–H and O–H groups in total. The van der Waals surface area contributed by atoms with Gasteiger partial charge in [-0.15, -0.1) is 0 Å². The minimum atomic E-state index is -1.51. The Morgan fingerprint density at radius 3 is 2.56 bits per heavy atom. The molecule has 0 spiro atoms. The van der Waals surface area contributed by atoms with Gasteiger partial charge in [0.25, 0.3) is 0 Å². The number of hydrogen-bond acceptors (Lipinski definition) is 3. The van der Waals surface area contributed by atoms with Crippen molar-refractivity contribution in [3.8, 4) is 0 Å². The van der Waals surface area contributed by atoms with Crippen LogP contribution in [0.5, 0.6) is 0 Å². The predicted octanol–water partition coefficient (Wildman–Crippen LogP) is 0.0109. The quantitative estimate of drug-likeness (QED) is 0.686. The van der Waals surface area contributed by atoms with Crippen molar-refractivity contribution < 1.29 is 10.0 Å². The SMILES string of the molecule is C/C=C\C(B(O)O)=c1\ncccc1=C(C)C. The second kappa shape index (κ2) is 5.63. The van der Waals surface area contributed by atoms with Gasteiger partial charge in [-0.25, -0.2) is 0 Å². The lowest BCUT2D eigenvalue weighted by Gasteiger charge is -2.01. The highest BCUT2D eigenvalue weighted by Crippen LogP contribution is 1.96. The zero-order chi connectivity index (χ0) is 12.1. The fourth-order valence-corrected chi connectivity index (χ4v) is 1.51. The van der Waals surface area contributed by atoms with E-state index >= 15 is 0 Å². The molecular formula is C12H16BNO2. The molecule has 0 aromatic carbocycles. The molecule has 0 saturated heterocycles. The zero-order valence-corrected chi connectivity index (χ0v) is 9.81. The summed E-state index contributed by atoms with van der Waals surface area (Å²) >= 11 is 0. The summed E-state index contributed by atoms with van der Waals surface area (Å²) in [4.78, 5) is 4.21. The number of hydrogen-bond donors (Lipinski definition) is 2. The summed E-state index contributed by atoms with van der Waals surface area (Å²) < 4.78 is 0. The van der Waals surface area contributed by atoms with Gasteiger partial charge in [0.05, 0.1) is 5.35 Å². The van der Waals surface area contributed by atoms with Crippen molar-refractivity contribution in [1.29, 1.82) is 0 Å². The minimum Gasteiger partial charge on any atom is -0.423 e. The van der Waals surface area contributed by atoms with Gasteiger partial charge < -0.3 is 10.0 Å². The molecule has 84 valence electrons. The Labute approximate surface area is 95.6 Å². The molecule has 0 fully saturated rings. The van der Waals surface area contributed by atoms with Crippen LogP contribution in [0.25, 0.3) is 11.0 Å². The summed E-state index contributed by atoms with van der Waals surface area (Å²) in [5.41, 5.74) is 1.50. The van der Waals surface area contributed by atoms with Gasteiger partial charge in [-0.05, 0) is 32.1 Å². The molecule has 3 nitrogen and oxygen atoms in total. The second-order valence-electron chi connectivity index (χ2n) is 3.73. The van der Waals surface area contributed by atoms with Crippen LogP contribution in [0.4, 0.5) is 0 Å². The van der Waals surface area contributed by atoms with Crippen molar-refractivity contribution >= 4 is 18.2 Å². The second-order valence-corrected chi connectivity index (χ2v) is 3.73. The van der Waals surface area contributed by atoms with Crippen LogP contribution in [0.15, 0.2) is 30.5 Å². The van der Waals surface area contributed by atoms with E-state index in [1.807, 2.05) is 32.9 Å². The Bertz CT molecular complexity index is 502. The molecule has 0 atom stereocenters. The van der Waals surface area contributed by atoms with Gasteiger partial charge in [0.15, 0.2) is 0 Å².